The number of fused-ring (bicyclic) bond motifs is 1. The van der Waals surface area contributed by atoms with Crippen LogP contribution in [-0.2, 0) is 22.9 Å². The second-order valence-electron chi connectivity index (χ2n) is 6.10. The van der Waals surface area contributed by atoms with Crippen LogP contribution in [0.15, 0.2) is 15.8 Å². The minimum Gasteiger partial charge on any atom is -0.344 e. The largest absolute Gasteiger partial charge is 0.475 e. The Balaban J connectivity index is 1.94. The van der Waals surface area contributed by atoms with Crippen molar-refractivity contribution < 1.29 is 27.3 Å². The summed E-state index contributed by atoms with van der Waals surface area (Å²) >= 11 is 5.97. The second-order valence-corrected chi connectivity index (χ2v) is 8.26. The van der Waals surface area contributed by atoms with E-state index < -0.39 is 48.7 Å². The summed E-state index contributed by atoms with van der Waals surface area (Å²) in [6.07, 6.45) is -3.47. The molecule has 1 aromatic rings. The summed E-state index contributed by atoms with van der Waals surface area (Å²) in [6, 6.07) is 0. The molecule has 0 aromatic carbocycles. The molecule has 2 fully saturated rings. The molecule has 0 radical (unpaired) electrons. The maximum absolute atomic E-state index is 15.2. The zero-order chi connectivity index (χ0) is 18.6. The van der Waals surface area contributed by atoms with Gasteiger partial charge in [-0.1, -0.05) is 11.6 Å². The quantitative estimate of drug-likeness (QED) is 0.608. The minimum atomic E-state index is -4.02. The molecule has 3 heterocycles. The third kappa shape index (κ3) is 3.34. The van der Waals surface area contributed by atoms with E-state index in [4.69, 9.17) is 29.9 Å². The SMILES string of the molecule is Cc1cn([C@@H]2O[C@@H]3CO[P@](=O)(OC(C)C)O[C@H]3[C@]2(F)Cl)c(=O)[nH]c1=O. The summed E-state index contributed by atoms with van der Waals surface area (Å²) in [7, 11) is -4.02. The van der Waals surface area contributed by atoms with E-state index in [-0.39, 0.29) is 12.2 Å². The van der Waals surface area contributed by atoms with Gasteiger partial charge in [0.25, 0.3) is 10.7 Å². The number of hydrogen-bond donors (Lipinski definition) is 1. The summed E-state index contributed by atoms with van der Waals surface area (Å²) in [5, 5.41) is -2.74. The van der Waals surface area contributed by atoms with Crippen LogP contribution < -0.4 is 11.2 Å². The molecule has 0 aliphatic carbocycles. The van der Waals surface area contributed by atoms with E-state index in [0.29, 0.717) is 0 Å². The van der Waals surface area contributed by atoms with Gasteiger partial charge < -0.3 is 4.74 Å². The third-order valence-corrected chi connectivity index (χ3v) is 5.76. The summed E-state index contributed by atoms with van der Waals surface area (Å²) < 4.78 is 49.2. The molecule has 12 heteroatoms. The number of phosphoric acid groups is 1. The van der Waals surface area contributed by atoms with Gasteiger partial charge in [0.15, 0.2) is 12.3 Å². The number of nitrogens with zero attached hydrogens (tertiary/aromatic N) is 1. The maximum atomic E-state index is 15.2. The normalized spacial score (nSPS) is 38.1. The van der Waals surface area contributed by atoms with E-state index in [9.17, 15) is 14.2 Å². The molecule has 0 amide bonds. The first-order valence-corrected chi connectivity index (χ1v) is 9.34. The van der Waals surface area contributed by atoms with Crippen LogP contribution in [0.3, 0.4) is 0 Å². The van der Waals surface area contributed by atoms with Crippen LogP contribution in [0.2, 0.25) is 0 Å². The van der Waals surface area contributed by atoms with Crippen LogP contribution in [0.25, 0.3) is 0 Å². The highest BCUT2D eigenvalue weighted by molar-refractivity contribution is 7.48. The first-order valence-electron chi connectivity index (χ1n) is 7.50. The lowest BCUT2D eigenvalue weighted by atomic mass is 10.1. The number of ether oxygens (including phenoxy) is 1. The molecule has 2 saturated heterocycles. The lowest BCUT2D eigenvalue weighted by Gasteiger charge is -2.33. The van der Waals surface area contributed by atoms with Gasteiger partial charge in [-0.25, -0.2) is 13.8 Å². The molecule has 0 saturated carbocycles. The molecule has 2 aliphatic rings. The summed E-state index contributed by atoms with van der Waals surface area (Å²) in [4.78, 5) is 25.5. The standard InChI is InChI=1S/C13H17ClFN2O7P/c1-6(2)23-25(20)21-5-8-9(24-25)13(14,15)11(22-8)17-4-7(3)10(18)16-12(17)19/h4,6,8-9,11H,5H2,1-3H3,(H,16,18,19)/t8-,9-,11-,13-,25-/m1/s1. The van der Waals surface area contributed by atoms with Crippen molar-refractivity contribution in [1.29, 1.82) is 0 Å². The highest BCUT2D eigenvalue weighted by atomic mass is 35.5. The summed E-state index contributed by atoms with van der Waals surface area (Å²) in [5.74, 6) is 0. The fourth-order valence-electron chi connectivity index (χ4n) is 2.64. The Labute approximate surface area is 146 Å². The van der Waals surface area contributed by atoms with Gasteiger partial charge in [-0.15, -0.1) is 0 Å². The van der Waals surface area contributed by atoms with Gasteiger partial charge >= 0.3 is 13.5 Å². The zero-order valence-corrected chi connectivity index (χ0v) is 15.3. The number of nitrogens with one attached hydrogen (secondary N) is 1. The number of aromatic nitrogens is 2. The van der Waals surface area contributed by atoms with Gasteiger partial charge in [0.2, 0.25) is 0 Å². The van der Waals surface area contributed by atoms with Crippen molar-refractivity contribution >= 4 is 19.4 Å². The van der Waals surface area contributed by atoms with Crippen molar-refractivity contribution in [2.24, 2.45) is 0 Å². The number of aromatic amines is 1. The number of phosphoric ester groups is 1. The van der Waals surface area contributed by atoms with Crippen LogP contribution in [0.5, 0.6) is 0 Å². The first-order chi connectivity index (χ1) is 11.5. The highest BCUT2D eigenvalue weighted by Gasteiger charge is 2.63. The minimum absolute atomic E-state index is 0.163. The smallest absolute Gasteiger partial charge is 0.344 e. The molecule has 3 rings (SSSR count). The van der Waals surface area contributed by atoms with Crippen molar-refractivity contribution in [3.63, 3.8) is 0 Å². The Morgan fingerprint density at radius 1 is 1.52 bits per heavy atom. The predicted octanol–water partition coefficient (Wildman–Crippen LogP) is 1.60. The van der Waals surface area contributed by atoms with E-state index >= 15 is 4.39 Å². The maximum Gasteiger partial charge on any atom is 0.475 e. The molecule has 2 aliphatic heterocycles. The van der Waals surface area contributed by atoms with Gasteiger partial charge in [-0.3, -0.25) is 27.9 Å². The van der Waals surface area contributed by atoms with Crippen molar-refractivity contribution in [3.8, 4) is 0 Å². The Morgan fingerprint density at radius 2 is 2.20 bits per heavy atom. The predicted molar refractivity (Wildman–Crippen MR) is 84.3 cm³/mol. The lowest BCUT2D eigenvalue weighted by Crippen LogP contribution is -2.45. The number of rotatable bonds is 3. The number of aryl methyl sites for hydroxylation is 1. The first kappa shape index (κ1) is 18.8. The Kier molecular flexibility index (Phi) is 4.72. The number of hydrogen-bond acceptors (Lipinski definition) is 7. The van der Waals surface area contributed by atoms with Gasteiger partial charge in [0.05, 0.1) is 12.7 Å². The average molecular weight is 399 g/mol. The second kappa shape index (κ2) is 6.29. The molecule has 0 unspecified atom stereocenters. The fraction of sp³-hybridized carbons (Fsp3) is 0.692. The molecule has 9 nitrogen and oxygen atoms in total. The van der Waals surface area contributed by atoms with E-state index in [2.05, 4.69) is 0 Å². The molecular weight excluding hydrogens is 382 g/mol. The number of alkyl halides is 2. The van der Waals surface area contributed by atoms with Gasteiger partial charge in [-0.05, 0) is 20.8 Å². The Bertz CT molecular complexity index is 838. The number of H-pyrrole nitrogens is 1. The zero-order valence-electron chi connectivity index (χ0n) is 13.6. The molecule has 140 valence electrons. The molecule has 0 bridgehead atoms. The number of halogens is 2. The topological polar surface area (TPSA) is 109 Å². The monoisotopic (exact) mass is 398 g/mol. The van der Waals surface area contributed by atoms with Crippen LogP contribution in [-0.4, -0.2) is 39.6 Å². The molecule has 1 N–H and O–H groups in total. The van der Waals surface area contributed by atoms with Crippen LogP contribution >= 0.6 is 19.4 Å². The molecule has 25 heavy (non-hydrogen) atoms. The Morgan fingerprint density at radius 3 is 2.84 bits per heavy atom. The van der Waals surface area contributed by atoms with Crippen LogP contribution in [0.1, 0.15) is 25.6 Å². The molecule has 5 atom stereocenters. The molecule has 0 spiro atoms. The van der Waals surface area contributed by atoms with Crippen LogP contribution in [0.4, 0.5) is 4.39 Å². The van der Waals surface area contributed by atoms with Gasteiger partial charge in [0.1, 0.15) is 6.10 Å². The van der Waals surface area contributed by atoms with Crippen molar-refractivity contribution in [2.75, 3.05) is 6.61 Å². The van der Waals surface area contributed by atoms with E-state index in [0.717, 1.165) is 10.8 Å². The van der Waals surface area contributed by atoms with E-state index in [1.54, 1.807) is 13.8 Å². The van der Waals surface area contributed by atoms with E-state index in [1.807, 2.05) is 4.98 Å². The fourth-order valence-corrected chi connectivity index (χ4v) is 4.63. The highest BCUT2D eigenvalue weighted by Crippen LogP contribution is 2.60. The van der Waals surface area contributed by atoms with Crippen molar-refractivity contribution in [3.05, 3.63) is 32.6 Å². The van der Waals surface area contributed by atoms with Gasteiger partial charge in [0, 0.05) is 11.8 Å². The lowest BCUT2D eigenvalue weighted by molar-refractivity contribution is -0.0749. The van der Waals surface area contributed by atoms with Gasteiger partial charge in [-0.2, -0.15) is 0 Å². The van der Waals surface area contributed by atoms with Crippen molar-refractivity contribution in [2.45, 2.75) is 50.4 Å². The molecular formula is C13H17ClFN2O7P. The van der Waals surface area contributed by atoms with E-state index in [1.165, 1.54) is 6.92 Å². The average Bonchev–Trinajstić information content (AvgIpc) is 2.73. The van der Waals surface area contributed by atoms with Crippen LogP contribution in [0, 0.1) is 6.92 Å². The third-order valence-electron chi connectivity index (χ3n) is 3.73. The summed E-state index contributed by atoms with van der Waals surface area (Å²) in [5.41, 5.74) is -1.34. The Hall–Kier alpha value is -1.03. The summed E-state index contributed by atoms with van der Waals surface area (Å²) in [6.45, 7) is 4.37. The van der Waals surface area contributed by atoms with Crippen molar-refractivity contribution in [1.82, 2.24) is 9.55 Å². The molecule has 1 aromatic heterocycles.